The maximum Gasteiger partial charge on any atom is 0.324 e. The van der Waals surface area contributed by atoms with E-state index in [2.05, 4.69) is 0 Å². The summed E-state index contributed by atoms with van der Waals surface area (Å²) in [6.07, 6.45) is 2.36. The summed E-state index contributed by atoms with van der Waals surface area (Å²) >= 11 is 0. The molecule has 2 fully saturated rings. The standard InChI is InChI=1S/C8H13NO2/c1-4-6(5-2-3-5)8(4,9)7(10)11/h4-6H,2-3,9H2,1H3,(H,10,11). The van der Waals surface area contributed by atoms with Crippen LogP contribution in [0.2, 0.25) is 0 Å². The molecule has 3 heteroatoms. The molecular weight excluding hydrogens is 142 g/mol. The van der Waals surface area contributed by atoms with Gasteiger partial charge < -0.3 is 10.8 Å². The van der Waals surface area contributed by atoms with E-state index in [0.717, 1.165) is 0 Å². The normalized spacial score (nSPS) is 48.9. The Balaban J connectivity index is 2.11. The molecule has 2 rings (SSSR count). The van der Waals surface area contributed by atoms with Gasteiger partial charge >= 0.3 is 5.97 Å². The fraction of sp³-hybridized carbons (Fsp3) is 0.875. The van der Waals surface area contributed by atoms with Crippen LogP contribution in [0.5, 0.6) is 0 Å². The number of hydrogen-bond donors (Lipinski definition) is 2. The van der Waals surface area contributed by atoms with Gasteiger partial charge in [0.15, 0.2) is 0 Å². The molecule has 3 atom stereocenters. The number of aliphatic carboxylic acids is 1. The zero-order chi connectivity index (χ0) is 8.22. The van der Waals surface area contributed by atoms with Gasteiger partial charge in [-0.2, -0.15) is 0 Å². The van der Waals surface area contributed by atoms with Gasteiger partial charge in [0, 0.05) is 0 Å². The Kier molecular flexibility index (Phi) is 1.15. The van der Waals surface area contributed by atoms with Crippen LogP contribution in [0.25, 0.3) is 0 Å². The summed E-state index contributed by atoms with van der Waals surface area (Å²) in [7, 11) is 0. The van der Waals surface area contributed by atoms with Gasteiger partial charge in [0.05, 0.1) is 0 Å². The summed E-state index contributed by atoms with van der Waals surface area (Å²) in [5.74, 6) is 0.250. The van der Waals surface area contributed by atoms with E-state index < -0.39 is 11.5 Å². The molecule has 3 unspecified atom stereocenters. The highest BCUT2D eigenvalue weighted by molar-refractivity contribution is 5.84. The highest BCUT2D eigenvalue weighted by Gasteiger charge is 2.69. The van der Waals surface area contributed by atoms with Crippen LogP contribution in [0, 0.1) is 17.8 Å². The zero-order valence-electron chi connectivity index (χ0n) is 6.58. The van der Waals surface area contributed by atoms with E-state index in [4.69, 9.17) is 10.8 Å². The van der Waals surface area contributed by atoms with E-state index in [1.165, 1.54) is 12.8 Å². The molecule has 11 heavy (non-hydrogen) atoms. The Morgan fingerprint density at radius 1 is 1.64 bits per heavy atom. The van der Waals surface area contributed by atoms with Gasteiger partial charge in [0.1, 0.15) is 5.54 Å². The predicted octanol–water partition coefficient (Wildman–Crippen LogP) is 0.444. The molecule has 62 valence electrons. The van der Waals surface area contributed by atoms with E-state index in [1.54, 1.807) is 0 Å². The van der Waals surface area contributed by atoms with E-state index in [9.17, 15) is 4.79 Å². The Morgan fingerprint density at radius 2 is 2.18 bits per heavy atom. The molecule has 2 aliphatic carbocycles. The topological polar surface area (TPSA) is 63.3 Å². The van der Waals surface area contributed by atoms with Crippen molar-refractivity contribution in [2.24, 2.45) is 23.5 Å². The van der Waals surface area contributed by atoms with Gasteiger partial charge in [0.2, 0.25) is 0 Å². The average molecular weight is 155 g/mol. The number of carbonyl (C=O) groups is 1. The van der Waals surface area contributed by atoms with Gasteiger partial charge in [-0.1, -0.05) is 6.92 Å². The lowest BCUT2D eigenvalue weighted by molar-refractivity contribution is -0.140. The number of nitrogens with two attached hydrogens (primary N) is 1. The van der Waals surface area contributed by atoms with Crippen LogP contribution in [-0.2, 0) is 4.79 Å². The lowest BCUT2D eigenvalue weighted by Crippen LogP contribution is -2.36. The van der Waals surface area contributed by atoms with Crippen molar-refractivity contribution in [3.05, 3.63) is 0 Å². The second-order valence-electron chi connectivity index (χ2n) is 3.89. The summed E-state index contributed by atoms with van der Waals surface area (Å²) in [4.78, 5) is 10.7. The van der Waals surface area contributed by atoms with Gasteiger partial charge in [-0.15, -0.1) is 0 Å². The van der Waals surface area contributed by atoms with Gasteiger partial charge in [0.25, 0.3) is 0 Å². The highest BCUT2D eigenvalue weighted by Crippen LogP contribution is 2.59. The molecule has 2 saturated carbocycles. The molecule has 3 N–H and O–H groups in total. The third-order valence-corrected chi connectivity index (χ3v) is 3.23. The molecule has 0 radical (unpaired) electrons. The molecule has 0 aromatic rings. The van der Waals surface area contributed by atoms with Crippen molar-refractivity contribution < 1.29 is 9.90 Å². The van der Waals surface area contributed by atoms with Crippen molar-refractivity contribution in [3.8, 4) is 0 Å². The van der Waals surface area contributed by atoms with Gasteiger partial charge in [-0.3, -0.25) is 4.79 Å². The molecule has 0 saturated heterocycles. The van der Waals surface area contributed by atoms with E-state index in [0.29, 0.717) is 5.92 Å². The lowest BCUT2D eigenvalue weighted by atomic mass is 10.1. The van der Waals surface area contributed by atoms with E-state index >= 15 is 0 Å². The fourth-order valence-corrected chi connectivity index (χ4v) is 2.21. The van der Waals surface area contributed by atoms with Crippen LogP contribution >= 0.6 is 0 Å². The highest BCUT2D eigenvalue weighted by atomic mass is 16.4. The van der Waals surface area contributed by atoms with Crippen LogP contribution in [0.3, 0.4) is 0 Å². The van der Waals surface area contributed by atoms with Crippen LogP contribution in [0.1, 0.15) is 19.8 Å². The predicted molar refractivity (Wildman–Crippen MR) is 39.9 cm³/mol. The molecule has 0 spiro atoms. The summed E-state index contributed by atoms with van der Waals surface area (Å²) < 4.78 is 0. The second-order valence-corrected chi connectivity index (χ2v) is 3.89. The lowest BCUT2D eigenvalue weighted by Gasteiger charge is -2.02. The third-order valence-electron chi connectivity index (χ3n) is 3.23. The molecule has 0 aliphatic heterocycles. The van der Waals surface area contributed by atoms with E-state index in [-0.39, 0.29) is 11.8 Å². The summed E-state index contributed by atoms with van der Waals surface area (Å²) in [6, 6.07) is 0. The first-order valence-electron chi connectivity index (χ1n) is 4.10. The monoisotopic (exact) mass is 155 g/mol. The minimum atomic E-state index is -0.874. The Hall–Kier alpha value is -0.570. The molecule has 0 bridgehead atoms. The second kappa shape index (κ2) is 1.78. The maximum absolute atomic E-state index is 10.7. The molecule has 0 aromatic heterocycles. The molecule has 0 aromatic carbocycles. The van der Waals surface area contributed by atoms with Crippen molar-refractivity contribution in [2.45, 2.75) is 25.3 Å². The fourth-order valence-electron chi connectivity index (χ4n) is 2.21. The van der Waals surface area contributed by atoms with Crippen molar-refractivity contribution in [2.75, 3.05) is 0 Å². The quantitative estimate of drug-likeness (QED) is 0.608. The van der Waals surface area contributed by atoms with Crippen molar-refractivity contribution in [1.29, 1.82) is 0 Å². The first kappa shape index (κ1) is 7.10. The number of rotatable bonds is 2. The van der Waals surface area contributed by atoms with Crippen molar-refractivity contribution in [3.63, 3.8) is 0 Å². The number of carboxylic acid groups (broad SMARTS) is 1. The first-order valence-corrected chi connectivity index (χ1v) is 4.10. The van der Waals surface area contributed by atoms with Crippen LogP contribution in [0.4, 0.5) is 0 Å². The molecule has 3 nitrogen and oxygen atoms in total. The molecule has 0 amide bonds. The van der Waals surface area contributed by atoms with Crippen LogP contribution < -0.4 is 5.73 Å². The Morgan fingerprint density at radius 3 is 2.45 bits per heavy atom. The van der Waals surface area contributed by atoms with Crippen LogP contribution in [0.15, 0.2) is 0 Å². The zero-order valence-corrected chi connectivity index (χ0v) is 6.58. The maximum atomic E-state index is 10.7. The summed E-state index contributed by atoms with van der Waals surface area (Å²) in [5, 5.41) is 8.80. The molecule has 2 aliphatic rings. The van der Waals surface area contributed by atoms with Gasteiger partial charge in [-0.05, 0) is 30.6 Å². The van der Waals surface area contributed by atoms with Gasteiger partial charge in [-0.25, -0.2) is 0 Å². The average Bonchev–Trinajstić information content (AvgIpc) is 2.74. The SMILES string of the molecule is CC1C(C2CC2)C1(N)C(=O)O. The largest absolute Gasteiger partial charge is 0.480 e. The smallest absolute Gasteiger partial charge is 0.324 e. The minimum Gasteiger partial charge on any atom is -0.480 e. The van der Waals surface area contributed by atoms with E-state index in [1.807, 2.05) is 6.92 Å². The number of hydrogen-bond acceptors (Lipinski definition) is 2. The Labute approximate surface area is 65.6 Å². The summed E-state index contributed by atoms with van der Waals surface area (Å²) in [5.41, 5.74) is 4.84. The third kappa shape index (κ3) is 0.745. The van der Waals surface area contributed by atoms with Crippen molar-refractivity contribution >= 4 is 5.97 Å². The van der Waals surface area contributed by atoms with Crippen LogP contribution in [-0.4, -0.2) is 16.6 Å². The number of carboxylic acids is 1. The first-order chi connectivity index (χ1) is 5.08. The molecular formula is C8H13NO2. The minimum absolute atomic E-state index is 0.187. The molecule has 0 heterocycles. The summed E-state index contributed by atoms with van der Waals surface area (Å²) in [6.45, 7) is 1.94. The Bertz CT molecular complexity index is 212. The van der Waals surface area contributed by atoms with Crippen molar-refractivity contribution in [1.82, 2.24) is 0 Å².